The number of para-hydroxylation sites is 1. The van der Waals surface area contributed by atoms with Crippen molar-refractivity contribution < 1.29 is 4.79 Å². The van der Waals surface area contributed by atoms with Crippen molar-refractivity contribution in [1.29, 1.82) is 0 Å². The number of hydrogen-bond donors (Lipinski definition) is 3. The van der Waals surface area contributed by atoms with Crippen LogP contribution in [0.2, 0.25) is 5.02 Å². The number of fused-ring (bicyclic) bond motifs is 1. The number of carbonyl (C=O) groups is 1. The second-order valence-corrected chi connectivity index (χ2v) is 4.95. The normalized spacial score (nSPS) is 10.4. The second kappa shape index (κ2) is 5.87. The second-order valence-electron chi connectivity index (χ2n) is 4.52. The molecule has 0 saturated heterocycles. The van der Waals surface area contributed by atoms with Gasteiger partial charge in [0.2, 0.25) is 5.95 Å². The summed E-state index contributed by atoms with van der Waals surface area (Å²) in [6.45, 7) is 0. The van der Waals surface area contributed by atoms with Crippen LogP contribution in [0.3, 0.4) is 0 Å². The van der Waals surface area contributed by atoms with Crippen LogP contribution >= 0.6 is 11.6 Å². The monoisotopic (exact) mass is 314 g/mol. The van der Waals surface area contributed by atoms with Gasteiger partial charge in [-0.1, -0.05) is 23.7 Å². The van der Waals surface area contributed by atoms with Crippen molar-refractivity contribution in [2.45, 2.75) is 0 Å². The van der Waals surface area contributed by atoms with Crippen LogP contribution in [0.4, 0.5) is 5.95 Å². The first kappa shape index (κ1) is 14.1. The van der Waals surface area contributed by atoms with Crippen LogP contribution in [0.1, 0.15) is 10.4 Å². The van der Waals surface area contributed by atoms with Gasteiger partial charge in [0.1, 0.15) is 0 Å². The zero-order valence-electron chi connectivity index (χ0n) is 11.3. The molecule has 0 aliphatic rings. The highest BCUT2D eigenvalue weighted by atomic mass is 35.5. The van der Waals surface area contributed by atoms with Crippen molar-refractivity contribution >= 4 is 34.4 Å². The van der Waals surface area contributed by atoms with Gasteiger partial charge in [0.05, 0.1) is 10.9 Å². The molecule has 6 nitrogen and oxygen atoms in total. The van der Waals surface area contributed by atoms with E-state index in [1.54, 1.807) is 48.5 Å². The highest BCUT2D eigenvalue weighted by Gasteiger charge is 2.06. The van der Waals surface area contributed by atoms with Crippen molar-refractivity contribution in [3.05, 3.63) is 69.5 Å². The molecule has 3 aromatic rings. The standard InChI is InChI=1S/C15H11ClN4O2/c16-10-7-5-9(6-8-10)13(21)19-20-15-17-12-4-2-1-3-11(12)14(22)18-15/h1-8H,(H,19,21)(H2,17,18,20,22). The molecule has 0 spiro atoms. The molecule has 22 heavy (non-hydrogen) atoms. The number of benzene rings is 2. The molecule has 0 saturated carbocycles. The summed E-state index contributed by atoms with van der Waals surface area (Å²) in [4.78, 5) is 30.6. The Bertz CT molecular complexity index is 890. The van der Waals surface area contributed by atoms with Crippen molar-refractivity contribution in [2.75, 3.05) is 5.43 Å². The van der Waals surface area contributed by atoms with Crippen molar-refractivity contribution in [1.82, 2.24) is 15.4 Å². The van der Waals surface area contributed by atoms with Gasteiger partial charge in [-0.15, -0.1) is 0 Å². The molecule has 1 aromatic heterocycles. The molecule has 0 atom stereocenters. The third-order valence-corrected chi connectivity index (χ3v) is 3.27. The summed E-state index contributed by atoms with van der Waals surface area (Å²) in [5.74, 6) is -0.210. The number of nitrogens with zero attached hydrogens (tertiary/aromatic N) is 1. The Hall–Kier alpha value is -2.86. The highest BCUT2D eigenvalue weighted by molar-refractivity contribution is 6.30. The lowest BCUT2D eigenvalue weighted by atomic mass is 10.2. The fourth-order valence-electron chi connectivity index (χ4n) is 1.94. The third kappa shape index (κ3) is 2.91. The number of hydrazine groups is 1. The lowest BCUT2D eigenvalue weighted by Crippen LogP contribution is -2.31. The maximum absolute atomic E-state index is 11.9. The first-order valence-corrected chi connectivity index (χ1v) is 6.82. The van der Waals surface area contributed by atoms with Gasteiger partial charge in [0.15, 0.2) is 0 Å². The average Bonchev–Trinajstić information content (AvgIpc) is 2.53. The summed E-state index contributed by atoms with van der Waals surface area (Å²) in [6.07, 6.45) is 0. The van der Waals surface area contributed by atoms with Crippen LogP contribution in [-0.2, 0) is 0 Å². The molecule has 0 radical (unpaired) electrons. The molecule has 2 aromatic carbocycles. The van der Waals surface area contributed by atoms with Crippen LogP contribution in [0.5, 0.6) is 0 Å². The minimum atomic E-state index is -0.368. The molecule has 0 bridgehead atoms. The average molecular weight is 315 g/mol. The minimum Gasteiger partial charge on any atom is -0.291 e. The summed E-state index contributed by atoms with van der Waals surface area (Å²) >= 11 is 5.77. The molecule has 110 valence electrons. The molecule has 0 aliphatic carbocycles. The minimum absolute atomic E-state index is 0.158. The molecular weight excluding hydrogens is 304 g/mol. The molecule has 0 fully saturated rings. The molecule has 0 aliphatic heterocycles. The maximum Gasteiger partial charge on any atom is 0.269 e. The number of carbonyl (C=O) groups excluding carboxylic acids is 1. The van der Waals surface area contributed by atoms with E-state index in [1.165, 1.54) is 0 Å². The first-order chi connectivity index (χ1) is 10.6. The molecule has 1 amide bonds. The SMILES string of the molecule is O=C(NNc1nc2ccccc2c(=O)[nH]1)c1ccc(Cl)cc1. The fourth-order valence-corrected chi connectivity index (χ4v) is 2.06. The van der Waals surface area contributed by atoms with Gasteiger partial charge in [0, 0.05) is 10.6 Å². The number of rotatable bonds is 3. The van der Waals surface area contributed by atoms with E-state index in [-0.39, 0.29) is 17.4 Å². The van der Waals surface area contributed by atoms with E-state index in [0.717, 1.165) is 0 Å². The summed E-state index contributed by atoms with van der Waals surface area (Å²) in [5.41, 5.74) is 5.74. The van der Waals surface area contributed by atoms with Gasteiger partial charge in [0.25, 0.3) is 11.5 Å². The van der Waals surface area contributed by atoms with Crippen molar-refractivity contribution in [3.8, 4) is 0 Å². The molecule has 3 N–H and O–H groups in total. The summed E-state index contributed by atoms with van der Waals surface area (Å²) < 4.78 is 0. The van der Waals surface area contributed by atoms with Crippen LogP contribution in [0.15, 0.2) is 53.3 Å². The molecule has 3 rings (SSSR count). The summed E-state index contributed by atoms with van der Waals surface area (Å²) in [6, 6.07) is 13.4. The Morgan fingerprint density at radius 2 is 1.82 bits per heavy atom. The zero-order chi connectivity index (χ0) is 15.5. The molecule has 0 unspecified atom stereocenters. The lowest BCUT2D eigenvalue weighted by molar-refractivity contribution is 0.0962. The van der Waals surface area contributed by atoms with Gasteiger partial charge in [-0.25, -0.2) is 4.98 Å². The fraction of sp³-hybridized carbons (Fsp3) is 0. The van der Waals surface area contributed by atoms with Crippen molar-refractivity contribution in [3.63, 3.8) is 0 Å². The number of anilines is 1. The van der Waals surface area contributed by atoms with Gasteiger partial charge in [-0.2, -0.15) is 0 Å². The molecular formula is C15H11ClN4O2. The smallest absolute Gasteiger partial charge is 0.269 e. The van der Waals surface area contributed by atoms with E-state index in [2.05, 4.69) is 20.8 Å². The Morgan fingerprint density at radius 3 is 2.59 bits per heavy atom. The van der Waals surface area contributed by atoms with E-state index in [4.69, 9.17) is 11.6 Å². The van der Waals surface area contributed by atoms with Gasteiger partial charge >= 0.3 is 0 Å². The van der Waals surface area contributed by atoms with Crippen LogP contribution in [0.25, 0.3) is 10.9 Å². The quantitative estimate of drug-likeness (QED) is 0.648. The number of H-pyrrole nitrogens is 1. The molecule has 1 heterocycles. The van der Waals surface area contributed by atoms with Gasteiger partial charge < -0.3 is 0 Å². The number of amides is 1. The predicted octanol–water partition coefficient (Wildman–Crippen LogP) is 2.33. The number of aromatic amines is 1. The number of nitrogens with one attached hydrogen (secondary N) is 3. The van der Waals surface area contributed by atoms with Gasteiger partial charge in [-0.05, 0) is 36.4 Å². The van der Waals surface area contributed by atoms with Crippen LogP contribution in [-0.4, -0.2) is 15.9 Å². The number of hydrogen-bond acceptors (Lipinski definition) is 4. The van der Waals surface area contributed by atoms with E-state index in [0.29, 0.717) is 21.5 Å². The number of aromatic nitrogens is 2. The maximum atomic E-state index is 11.9. The third-order valence-electron chi connectivity index (χ3n) is 3.01. The topological polar surface area (TPSA) is 86.9 Å². The Kier molecular flexibility index (Phi) is 3.76. The van der Waals surface area contributed by atoms with Gasteiger partial charge in [-0.3, -0.25) is 25.4 Å². The zero-order valence-corrected chi connectivity index (χ0v) is 12.0. The lowest BCUT2D eigenvalue weighted by Gasteiger charge is -2.08. The molecule has 7 heteroatoms. The number of halogens is 1. The Labute approximate surface area is 130 Å². The van der Waals surface area contributed by atoms with Crippen LogP contribution < -0.4 is 16.4 Å². The largest absolute Gasteiger partial charge is 0.291 e. The summed E-state index contributed by atoms with van der Waals surface area (Å²) in [5, 5.41) is 1.03. The van der Waals surface area contributed by atoms with E-state index in [9.17, 15) is 9.59 Å². The first-order valence-electron chi connectivity index (χ1n) is 6.44. The Balaban J connectivity index is 1.77. The highest BCUT2D eigenvalue weighted by Crippen LogP contribution is 2.10. The van der Waals surface area contributed by atoms with E-state index in [1.807, 2.05) is 0 Å². The summed E-state index contributed by atoms with van der Waals surface area (Å²) in [7, 11) is 0. The van der Waals surface area contributed by atoms with Crippen LogP contribution in [0, 0.1) is 0 Å². The Morgan fingerprint density at radius 1 is 1.09 bits per heavy atom. The van der Waals surface area contributed by atoms with Crippen molar-refractivity contribution in [2.24, 2.45) is 0 Å². The van der Waals surface area contributed by atoms with E-state index < -0.39 is 0 Å². The predicted molar refractivity (Wildman–Crippen MR) is 84.9 cm³/mol. The van der Waals surface area contributed by atoms with E-state index >= 15 is 0 Å².